The smallest absolute Gasteiger partial charge is 0.00700 e. The number of hydrogen-bond acceptors (Lipinski definition) is 1. The van der Waals surface area contributed by atoms with E-state index in [0.29, 0.717) is 5.41 Å². The van der Waals surface area contributed by atoms with Gasteiger partial charge in [-0.1, -0.05) is 33.1 Å². The third kappa shape index (κ3) is 3.98. The highest BCUT2D eigenvalue weighted by Crippen LogP contribution is 2.35. The molecule has 0 radical (unpaired) electrons. The zero-order valence-electron chi connectivity index (χ0n) is 12.1. The lowest BCUT2D eigenvalue weighted by atomic mass is 9.75. The molecule has 1 heteroatoms. The Morgan fingerprint density at radius 2 is 1.53 bits per heavy atom. The maximum atomic E-state index is 3.93. The Morgan fingerprint density at radius 3 is 2.12 bits per heavy atom. The van der Waals surface area contributed by atoms with Gasteiger partial charge in [0.1, 0.15) is 0 Å². The van der Waals surface area contributed by atoms with Crippen LogP contribution in [0.1, 0.15) is 78.6 Å². The molecule has 17 heavy (non-hydrogen) atoms. The summed E-state index contributed by atoms with van der Waals surface area (Å²) >= 11 is 0. The molecule has 0 aromatic carbocycles. The highest BCUT2D eigenvalue weighted by atomic mass is 15.0. The van der Waals surface area contributed by atoms with Crippen LogP contribution in [0, 0.1) is 11.3 Å². The normalized spacial score (nSPS) is 29.1. The lowest BCUT2D eigenvalue weighted by Gasteiger charge is -2.38. The second kappa shape index (κ2) is 5.73. The third-order valence-corrected chi connectivity index (χ3v) is 5.19. The Bertz CT molecular complexity index is 218. The monoisotopic (exact) mass is 237 g/mol. The molecule has 0 bridgehead atoms. The fourth-order valence-electron chi connectivity index (χ4n) is 3.71. The van der Waals surface area contributed by atoms with E-state index in [9.17, 15) is 0 Å². The van der Waals surface area contributed by atoms with Crippen molar-refractivity contribution in [3.8, 4) is 0 Å². The van der Waals surface area contributed by atoms with Gasteiger partial charge in [0.15, 0.2) is 0 Å². The first-order valence-electron chi connectivity index (χ1n) is 7.83. The van der Waals surface area contributed by atoms with Crippen molar-refractivity contribution in [2.75, 3.05) is 0 Å². The van der Waals surface area contributed by atoms with Crippen molar-refractivity contribution in [2.24, 2.45) is 11.3 Å². The molecule has 2 fully saturated rings. The van der Waals surface area contributed by atoms with E-state index in [1.165, 1.54) is 57.8 Å². The van der Waals surface area contributed by atoms with E-state index >= 15 is 0 Å². The molecule has 0 saturated heterocycles. The summed E-state index contributed by atoms with van der Waals surface area (Å²) in [6.45, 7) is 7.28. The molecule has 0 amide bonds. The van der Waals surface area contributed by atoms with Gasteiger partial charge in [0.05, 0.1) is 0 Å². The van der Waals surface area contributed by atoms with E-state index in [-0.39, 0.29) is 0 Å². The van der Waals surface area contributed by atoms with Crippen LogP contribution >= 0.6 is 0 Å². The molecular formula is C16H31N. The van der Waals surface area contributed by atoms with Gasteiger partial charge in [-0.15, -0.1) is 0 Å². The summed E-state index contributed by atoms with van der Waals surface area (Å²) in [6, 6.07) is 1.56. The molecule has 2 saturated carbocycles. The molecule has 1 nitrogen and oxygen atoms in total. The molecule has 1 atom stereocenters. The highest BCUT2D eigenvalue weighted by molar-refractivity contribution is 4.85. The summed E-state index contributed by atoms with van der Waals surface area (Å²) in [5, 5.41) is 3.93. The summed E-state index contributed by atoms with van der Waals surface area (Å²) in [4.78, 5) is 0. The molecule has 1 N–H and O–H groups in total. The first kappa shape index (κ1) is 13.4. The number of hydrogen-bond donors (Lipinski definition) is 1. The summed E-state index contributed by atoms with van der Waals surface area (Å²) < 4.78 is 0. The quantitative estimate of drug-likeness (QED) is 0.761. The van der Waals surface area contributed by atoms with Crippen molar-refractivity contribution >= 4 is 0 Å². The SMILES string of the molecule is CC(NC1CCC(C)(C)CC1)C1CCCCC1. The van der Waals surface area contributed by atoms with Crippen LogP contribution in [0.3, 0.4) is 0 Å². The minimum absolute atomic E-state index is 0.603. The summed E-state index contributed by atoms with van der Waals surface area (Å²) in [5.41, 5.74) is 0.603. The van der Waals surface area contributed by atoms with Gasteiger partial charge in [0.2, 0.25) is 0 Å². The molecule has 2 aliphatic rings. The van der Waals surface area contributed by atoms with E-state index in [2.05, 4.69) is 26.1 Å². The first-order chi connectivity index (χ1) is 8.07. The van der Waals surface area contributed by atoms with E-state index in [1.54, 1.807) is 0 Å². The average molecular weight is 237 g/mol. The number of rotatable bonds is 3. The van der Waals surface area contributed by atoms with Crippen molar-refractivity contribution in [1.82, 2.24) is 5.32 Å². The molecule has 1 unspecified atom stereocenters. The van der Waals surface area contributed by atoms with Crippen molar-refractivity contribution < 1.29 is 0 Å². The van der Waals surface area contributed by atoms with Crippen molar-refractivity contribution in [2.45, 2.75) is 90.6 Å². The fraction of sp³-hybridized carbons (Fsp3) is 1.00. The maximum Gasteiger partial charge on any atom is 0.00700 e. The second-order valence-corrected chi connectivity index (χ2v) is 7.29. The van der Waals surface area contributed by atoms with Crippen LogP contribution in [0.2, 0.25) is 0 Å². The molecule has 0 heterocycles. The van der Waals surface area contributed by atoms with Crippen LogP contribution in [0.4, 0.5) is 0 Å². The Morgan fingerprint density at radius 1 is 0.941 bits per heavy atom. The van der Waals surface area contributed by atoms with Gasteiger partial charge in [0.25, 0.3) is 0 Å². The standard InChI is InChI=1S/C16H31N/c1-13(14-7-5-4-6-8-14)17-15-9-11-16(2,3)12-10-15/h13-15,17H,4-12H2,1-3H3. The Balaban J connectivity index is 1.73. The van der Waals surface area contributed by atoms with Crippen LogP contribution in [0.25, 0.3) is 0 Å². The first-order valence-corrected chi connectivity index (χ1v) is 7.83. The fourth-order valence-corrected chi connectivity index (χ4v) is 3.71. The number of nitrogens with one attached hydrogen (secondary N) is 1. The van der Waals surface area contributed by atoms with Gasteiger partial charge in [-0.05, 0) is 56.8 Å². The van der Waals surface area contributed by atoms with Crippen LogP contribution in [-0.2, 0) is 0 Å². The summed E-state index contributed by atoms with van der Waals surface area (Å²) in [7, 11) is 0. The summed E-state index contributed by atoms with van der Waals surface area (Å²) in [5.74, 6) is 0.957. The van der Waals surface area contributed by atoms with Crippen molar-refractivity contribution in [3.63, 3.8) is 0 Å². The minimum Gasteiger partial charge on any atom is -0.311 e. The molecule has 2 rings (SSSR count). The van der Waals surface area contributed by atoms with Gasteiger partial charge >= 0.3 is 0 Å². The minimum atomic E-state index is 0.603. The topological polar surface area (TPSA) is 12.0 Å². The van der Waals surface area contributed by atoms with Crippen LogP contribution < -0.4 is 5.32 Å². The second-order valence-electron chi connectivity index (χ2n) is 7.29. The van der Waals surface area contributed by atoms with Crippen LogP contribution in [0.5, 0.6) is 0 Å². The maximum absolute atomic E-state index is 3.93. The van der Waals surface area contributed by atoms with Crippen LogP contribution in [-0.4, -0.2) is 12.1 Å². The Labute approximate surface area is 108 Å². The lowest BCUT2D eigenvalue weighted by Crippen LogP contribution is -2.44. The van der Waals surface area contributed by atoms with Crippen molar-refractivity contribution in [3.05, 3.63) is 0 Å². The van der Waals surface area contributed by atoms with Crippen LogP contribution in [0.15, 0.2) is 0 Å². The zero-order valence-corrected chi connectivity index (χ0v) is 12.1. The van der Waals surface area contributed by atoms with E-state index in [4.69, 9.17) is 0 Å². The van der Waals surface area contributed by atoms with E-state index in [1.807, 2.05) is 0 Å². The predicted molar refractivity (Wildman–Crippen MR) is 75.2 cm³/mol. The molecule has 0 aliphatic heterocycles. The molecule has 100 valence electrons. The lowest BCUT2D eigenvalue weighted by molar-refractivity contribution is 0.180. The predicted octanol–water partition coefficient (Wildman–Crippen LogP) is 4.51. The molecular weight excluding hydrogens is 206 g/mol. The third-order valence-electron chi connectivity index (χ3n) is 5.19. The van der Waals surface area contributed by atoms with Gasteiger partial charge in [-0.3, -0.25) is 0 Å². The van der Waals surface area contributed by atoms with Crippen molar-refractivity contribution in [1.29, 1.82) is 0 Å². The Hall–Kier alpha value is -0.0400. The van der Waals surface area contributed by atoms with Gasteiger partial charge in [-0.2, -0.15) is 0 Å². The summed E-state index contributed by atoms with van der Waals surface area (Å²) in [6.07, 6.45) is 12.9. The highest BCUT2D eigenvalue weighted by Gasteiger charge is 2.29. The molecule has 0 spiro atoms. The Kier molecular flexibility index (Phi) is 4.52. The average Bonchev–Trinajstić information content (AvgIpc) is 2.33. The van der Waals surface area contributed by atoms with Gasteiger partial charge in [0, 0.05) is 12.1 Å². The van der Waals surface area contributed by atoms with Gasteiger partial charge in [-0.25, -0.2) is 0 Å². The zero-order chi connectivity index (χ0) is 12.3. The molecule has 0 aromatic heterocycles. The van der Waals surface area contributed by atoms with E-state index < -0.39 is 0 Å². The van der Waals surface area contributed by atoms with E-state index in [0.717, 1.165) is 18.0 Å². The molecule has 0 aromatic rings. The largest absolute Gasteiger partial charge is 0.311 e. The van der Waals surface area contributed by atoms with Gasteiger partial charge < -0.3 is 5.32 Å². The molecule has 2 aliphatic carbocycles.